The Hall–Kier alpha value is -3.78. The second-order valence-corrected chi connectivity index (χ2v) is 8.51. The van der Waals surface area contributed by atoms with Crippen LogP contribution >= 0.6 is 11.3 Å². The van der Waals surface area contributed by atoms with E-state index in [1.807, 2.05) is 51.1 Å². The molecular weight excluding hydrogens is 426 g/mol. The van der Waals surface area contributed by atoms with Crippen LogP contribution in [0.5, 0.6) is 0 Å². The predicted molar refractivity (Wildman–Crippen MR) is 126 cm³/mol. The van der Waals surface area contributed by atoms with E-state index in [2.05, 4.69) is 10.3 Å². The molecule has 0 unspecified atom stereocenters. The van der Waals surface area contributed by atoms with Crippen molar-refractivity contribution in [1.82, 2.24) is 9.55 Å². The Morgan fingerprint density at radius 2 is 1.75 bits per heavy atom. The number of carbonyl (C=O) groups is 2. The molecule has 0 radical (unpaired) electrons. The number of aryl methyl sites for hydroxylation is 3. The number of fused-ring (bicyclic) bond motifs is 1. The number of carbonyl (C=O) groups excluding carboxylic acids is 1. The van der Waals surface area contributed by atoms with Crippen LogP contribution in [0.1, 0.15) is 27.0 Å². The molecule has 1 amide bonds. The predicted octanol–water partition coefficient (Wildman–Crippen LogP) is 4.39. The minimum atomic E-state index is -1.20. The van der Waals surface area contributed by atoms with Crippen molar-refractivity contribution in [2.24, 2.45) is 0 Å². The number of thiophene rings is 1. The highest BCUT2D eigenvalue weighted by molar-refractivity contribution is 7.17. The molecule has 0 aliphatic heterocycles. The van der Waals surface area contributed by atoms with Crippen molar-refractivity contribution in [3.63, 3.8) is 0 Å². The van der Waals surface area contributed by atoms with E-state index in [-0.39, 0.29) is 17.5 Å². The summed E-state index contributed by atoms with van der Waals surface area (Å²) in [5.41, 5.74) is 3.63. The van der Waals surface area contributed by atoms with Gasteiger partial charge in [0.25, 0.3) is 5.56 Å². The topological polar surface area (TPSA) is 101 Å². The van der Waals surface area contributed by atoms with Crippen molar-refractivity contribution in [3.05, 3.63) is 80.5 Å². The van der Waals surface area contributed by atoms with Gasteiger partial charge < -0.3 is 10.4 Å². The van der Waals surface area contributed by atoms with E-state index in [0.717, 1.165) is 28.0 Å². The highest BCUT2D eigenvalue weighted by atomic mass is 32.1. The first-order valence-electron chi connectivity index (χ1n) is 9.94. The Labute approximate surface area is 188 Å². The van der Waals surface area contributed by atoms with Crippen LogP contribution in [-0.2, 0) is 11.3 Å². The average Bonchev–Trinajstić information content (AvgIpc) is 3.18. The molecule has 0 aliphatic carbocycles. The van der Waals surface area contributed by atoms with E-state index in [1.54, 1.807) is 12.1 Å². The number of anilines is 1. The Bertz CT molecular complexity index is 1400. The lowest BCUT2D eigenvalue weighted by atomic mass is 10.1. The summed E-state index contributed by atoms with van der Waals surface area (Å²) in [5.74, 6) is -1.29. The number of hydrogen-bond donors (Lipinski definition) is 2. The fraction of sp³-hybridized carbons (Fsp3) is 0.167. The first-order valence-corrected chi connectivity index (χ1v) is 10.8. The lowest BCUT2D eigenvalue weighted by molar-refractivity contribution is -0.116. The molecule has 2 N–H and O–H groups in total. The summed E-state index contributed by atoms with van der Waals surface area (Å²) < 4.78 is 1.24. The number of nitrogens with one attached hydrogen (secondary N) is 1. The van der Waals surface area contributed by atoms with Gasteiger partial charge in [0.2, 0.25) is 5.91 Å². The normalized spacial score (nSPS) is 11.0. The number of amides is 1. The fourth-order valence-corrected chi connectivity index (χ4v) is 4.74. The lowest BCUT2D eigenvalue weighted by Crippen LogP contribution is -2.30. The number of carboxylic acid groups (broad SMARTS) is 1. The zero-order chi connectivity index (χ0) is 23.0. The zero-order valence-electron chi connectivity index (χ0n) is 17.8. The summed E-state index contributed by atoms with van der Waals surface area (Å²) in [6.07, 6.45) is 0. The van der Waals surface area contributed by atoms with Crippen LogP contribution in [0.2, 0.25) is 0 Å². The highest BCUT2D eigenvalue weighted by Crippen LogP contribution is 2.26. The van der Waals surface area contributed by atoms with Gasteiger partial charge in [-0.25, -0.2) is 9.78 Å². The summed E-state index contributed by atoms with van der Waals surface area (Å²) in [6, 6.07) is 13.0. The average molecular weight is 448 g/mol. The van der Waals surface area contributed by atoms with E-state index in [0.29, 0.717) is 21.9 Å². The second-order valence-electron chi connectivity index (χ2n) is 7.65. The molecule has 0 bridgehead atoms. The van der Waals surface area contributed by atoms with Crippen LogP contribution in [0.3, 0.4) is 0 Å². The van der Waals surface area contributed by atoms with Crippen molar-refractivity contribution in [2.75, 3.05) is 5.32 Å². The first kappa shape index (κ1) is 21.5. The van der Waals surface area contributed by atoms with Crippen molar-refractivity contribution in [2.45, 2.75) is 27.3 Å². The van der Waals surface area contributed by atoms with Gasteiger partial charge >= 0.3 is 5.97 Å². The fourth-order valence-electron chi connectivity index (χ4n) is 3.84. The van der Waals surface area contributed by atoms with E-state index < -0.39 is 17.4 Å². The van der Waals surface area contributed by atoms with Crippen molar-refractivity contribution in [3.8, 4) is 11.4 Å². The van der Waals surface area contributed by atoms with Crippen LogP contribution < -0.4 is 10.9 Å². The molecular formula is C24H21N3O4S. The Morgan fingerprint density at radius 1 is 1.09 bits per heavy atom. The molecule has 0 atom stereocenters. The van der Waals surface area contributed by atoms with E-state index in [1.165, 1.54) is 9.95 Å². The Kier molecular flexibility index (Phi) is 5.63. The van der Waals surface area contributed by atoms with E-state index in [9.17, 15) is 19.5 Å². The smallest absolute Gasteiger partial charge is 0.337 e. The van der Waals surface area contributed by atoms with Gasteiger partial charge in [-0.3, -0.25) is 14.2 Å². The lowest BCUT2D eigenvalue weighted by Gasteiger charge is -2.15. The Morgan fingerprint density at radius 3 is 2.38 bits per heavy atom. The number of rotatable bonds is 5. The molecule has 32 heavy (non-hydrogen) atoms. The largest absolute Gasteiger partial charge is 0.478 e. The minimum absolute atomic E-state index is 0.0117. The van der Waals surface area contributed by atoms with Gasteiger partial charge in [0, 0.05) is 16.6 Å². The van der Waals surface area contributed by atoms with E-state index in [4.69, 9.17) is 0 Å². The summed E-state index contributed by atoms with van der Waals surface area (Å²) in [7, 11) is 0. The molecule has 4 rings (SSSR count). The second kappa shape index (κ2) is 8.39. The molecule has 0 saturated carbocycles. The summed E-state index contributed by atoms with van der Waals surface area (Å²) in [5, 5.41) is 13.8. The number of aromatic carboxylic acids is 1. The van der Waals surface area contributed by atoms with Crippen LogP contribution in [0, 0.1) is 20.8 Å². The molecule has 2 aromatic carbocycles. The standard InChI is InChI=1S/C24H21N3O4S/c1-13-9-14(2)20(15(3)10-13)25-18(28)11-27-21(16-7-5-4-6-8-16)26-22-19(23(27)29)17(12-32-22)24(30)31/h4-10,12H,11H2,1-3H3,(H,25,28)(H,30,31). The molecule has 0 aliphatic rings. The third-order valence-corrected chi connectivity index (χ3v) is 6.07. The van der Waals surface area contributed by atoms with Gasteiger partial charge in [-0.1, -0.05) is 48.0 Å². The van der Waals surface area contributed by atoms with Gasteiger partial charge in [-0.05, 0) is 31.9 Å². The quantitative estimate of drug-likeness (QED) is 0.473. The molecule has 2 heterocycles. The van der Waals surface area contributed by atoms with Crippen molar-refractivity contribution >= 4 is 39.1 Å². The van der Waals surface area contributed by atoms with Crippen LogP contribution in [0.4, 0.5) is 5.69 Å². The van der Waals surface area contributed by atoms with Gasteiger partial charge in [0.1, 0.15) is 17.2 Å². The van der Waals surface area contributed by atoms with Gasteiger partial charge in [-0.2, -0.15) is 0 Å². The SMILES string of the molecule is Cc1cc(C)c(NC(=O)Cn2c(-c3ccccc3)nc3scc(C(=O)O)c3c2=O)c(C)c1. The van der Waals surface area contributed by atoms with Gasteiger partial charge in [0.05, 0.1) is 10.9 Å². The maximum Gasteiger partial charge on any atom is 0.337 e. The molecule has 0 fully saturated rings. The maximum atomic E-state index is 13.4. The molecule has 162 valence electrons. The first-order chi connectivity index (χ1) is 15.3. The number of nitrogens with zero attached hydrogens (tertiary/aromatic N) is 2. The summed E-state index contributed by atoms with van der Waals surface area (Å²) in [6.45, 7) is 5.51. The molecule has 2 aromatic heterocycles. The van der Waals surface area contributed by atoms with Gasteiger partial charge in [-0.15, -0.1) is 11.3 Å². The highest BCUT2D eigenvalue weighted by Gasteiger charge is 2.22. The number of aromatic nitrogens is 2. The molecule has 4 aromatic rings. The molecule has 0 saturated heterocycles. The summed E-state index contributed by atoms with van der Waals surface area (Å²) in [4.78, 5) is 42.8. The molecule has 8 heteroatoms. The monoisotopic (exact) mass is 447 g/mol. The third kappa shape index (κ3) is 3.92. The van der Waals surface area contributed by atoms with Gasteiger partial charge in [0.15, 0.2) is 0 Å². The zero-order valence-corrected chi connectivity index (χ0v) is 18.6. The maximum absolute atomic E-state index is 13.4. The number of carboxylic acids is 1. The van der Waals surface area contributed by atoms with Crippen molar-refractivity contribution < 1.29 is 14.7 Å². The van der Waals surface area contributed by atoms with Crippen molar-refractivity contribution in [1.29, 1.82) is 0 Å². The number of hydrogen-bond acceptors (Lipinski definition) is 5. The minimum Gasteiger partial charge on any atom is -0.478 e. The molecule has 0 spiro atoms. The van der Waals surface area contributed by atoms with E-state index >= 15 is 0 Å². The van der Waals surface area contributed by atoms with Crippen LogP contribution in [0.15, 0.2) is 52.6 Å². The Balaban J connectivity index is 1.82. The number of benzene rings is 2. The third-order valence-electron chi connectivity index (χ3n) is 5.20. The molecule has 7 nitrogen and oxygen atoms in total. The summed E-state index contributed by atoms with van der Waals surface area (Å²) >= 11 is 1.09. The van der Waals surface area contributed by atoms with Crippen LogP contribution in [0.25, 0.3) is 21.6 Å². The van der Waals surface area contributed by atoms with Crippen LogP contribution in [-0.4, -0.2) is 26.5 Å².